The topological polar surface area (TPSA) is 82.3 Å². The second-order valence-electron chi connectivity index (χ2n) is 5.24. The lowest BCUT2D eigenvalue weighted by Crippen LogP contribution is -2.37. The van der Waals surface area contributed by atoms with Crippen LogP contribution in [0.3, 0.4) is 0 Å². The number of aromatic nitrogens is 2. The molecular formula is C15H23N3O4. The van der Waals surface area contributed by atoms with Gasteiger partial charge in [0.25, 0.3) is 5.56 Å². The van der Waals surface area contributed by atoms with Gasteiger partial charge in [-0.25, -0.2) is 4.79 Å². The Bertz CT molecular complexity index is 656. The van der Waals surface area contributed by atoms with Crippen molar-refractivity contribution in [3.8, 4) is 0 Å². The molecule has 0 fully saturated rings. The third-order valence-corrected chi connectivity index (χ3v) is 2.96. The van der Waals surface area contributed by atoms with Crippen molar-refractivity contribution < 1.29 is 9.53 Å². The van der Waals surface area contributed by atoms with Crippen molar-refractivity contribution in [3.05, 3.63) is 38.7 Å². The minimum Gasteiger partial charge on any atom is -0.379 e. The van der Waals surface area contributed by atoms with Gasteiger partial charge >= 0.3 is 5.69 Å². The van der Waals surface area contributed by atoms with Gasteiger partial charge in [-0.3, -0.25) is 14.2 Å². The van der Waals surface area contributed by atoms with Crippen LogP contribution in [0, 0.1) is 0 Å². The first-order valence-corrected chi connectivity index (χ1v) is 7.17. The largest absolute Gasteiger partial charge is 0.379 e. The molecule has 0 saturated heterocycles. The van der Waals surface area contributed by atoms with E-state index in [9.17, 15) is 14.4 Å². The van der Waals surface area contributed by atoms with E-state index in [-0.39, 0.29) is 17.6 Å². The molecular weight excluding hydrogens is 286 g/mol. The van der Waals surface area contributed by atoms with Crippen LogP contribution in [0.4, 0.5) is 0 Å². The molecule has 22 heavy (non-hydrogen) atoms. The van der Waals surface area contributed by atoms with Crippen molar-refractivity contribution >= 4 is 12.0 Å². The zero-order valence-corrected chi connectivity index (χ0v) is 13.5. The van der Waals surface area contributed by atoms with Crippen molar-refractivity contribution in [2.24, 2.45) is 14.1 Å². The second-order valence-corrected chi connectivity index (χ2v) is 5.24. The summed E-state index contributed by atoms with van der Waals surface area (Å²) in [5.74, 6) is -0.291. The first-order valence-electron chi connectivity index (χ1n) is 7.17. The Balaban J connectivity index is 2.57. The lowest BCUT2D eigenvalue weighted by molar-refractivity contribution is -0.116. The van der Waals surface area contributed by atoms with Gasteiger partial charge in [-0.15, -0.1) is 0 Å². The Labute approximate surface area is 129 Å². The third kappa shape index (κ3) is 5.33. The van der Waals surface area contributed by atoms with Gasteiger partial charge in [0.1, 0.15) is 0 Å². The molecule has 7 nitrogen and oxygen atoms in total. The number of amides is 1. The van der Waals surface area contributed by atoms with Crippen LogP contribution in [0.15, 0.2) is 21.9 Å². The van der Waals surface area contributed by atoms with Gasteiger partial charge in [0.15, 0.2) is 0 Å². The number of rotatable bonds is 7. The summed E-state index contributed by atoms with van der Waals surface area (Å²) in [6.45, 7) is 4.99. The fraction of sp³-hybridized carbons (Fsp3) is 0.533. The maximum absolute atomic E-state index is 11.9. The first-order chi connectivity index (χ1) is 10.3. The Morgan fingerprint density at radius 2 is 2.05 bits per heavy atom. The summed E-state index contributed by atoms with van der Waals surface area (Å²) in [6, 6.07) is 0. The van der Waals surface area contributed by atoms with Crippen molar-refractivity contribution in [3.63, 3.8) is 0 Å². The Morgan fingerprint density at radius 1 is 1.36 bits per heavy atom. The quantitative estimate of drug-likeness (QED) is 0.569. The predicted octanol–water partition coefficient (Wildman–Crippen LogP) is 0.0285. The van der Waals surface area contributed by atoms with Crippen LogP contribution in [-0.4, -0.2) is 34.3 Å². The zero-order valence-electron chi connectivity index (χ0n) is 13.5. The standard InChI is InChI=1S/C15H23N3O4/c1-11(2)22-9-5-8-16-13(19)7-6-12-10-17(3)15(21)18(4)14(12)20/h6-7,10-11H,5,8-9H2,1-4H3,(H,16,19)/b7-6+. The fourth-order valence-corrected chi connectivity index (χ4v) is 1.78. The highest BCUT2D eigenvalue weighted by molar-refractivity contribution is 5.91. The number of ether oxygens (including phenoxy) is 1. The molecule has 0 atom stereocenters. The highest BCUT2D eigenvalue weighted by atomic mass is 16.5. The molecule has 1 aromatic rings. The van der Waals surface area contributed by atoms with E-state index in [1.165, 1.54) is 30.0 Å². The molecule has 1 aromatic heterocycles. The Morgan fingerprint density at radius 3 is 2.68 bits per heavy atom. The van der Waals surface area contributed by atoms with Gasteiger partial charge in [-0.2, -0.15) is 0 Å². The van der Waals surface area contributed by atoms with Crippen molar-refractivity contribution in [2.45, 2.75) is 26.4 Å². The molecule has 1 heterocycles. The molecule has 0 aliphatic rings. The van der Waals surface area contributed by atoms with Crippen LogP contribution in [0.25, 0.3) is 6.08 Å². The smallest absolute Gasteiger partial charge is 0.330 e. The molecule has 0 unspecified atom stereocenters. The summed E-state index contributed by atoms with van der Waals surface area (Å²) >= 11 is 0. The van der Waals surface area contributed by atoms with Gasteiger partial charge in [0.2, 0.25) is 5.91 Å². The molecule has 122 valence electrons. The molecule has 7 heteroatoms. The van der Waals surface area contributed by atoms with E-state index in [1.807, 2.05) is 13.8 Å². The van der Waals surface area contributed by atoms with Gasteiger partial charge < -0.3 is 14.6 Å². The average molecular weight is 309 g/mol. The zero-order chi connectivity index (χ0) is 16.7. The SMILES string of the molecule is CC(C)OCCCNC(=O)/C=C/c1cn(C)c(=O)n(C)c1=O. The van der Waals surface area contributed by atoms with Gasteiger partial charge in [0.05, 0.1) is 11.7 Å². The monoisotopic (exact) mass is 309 g/mol. The van der Waals surface area contributed by atoms with Crippen molar-refractivity contribution in [2.75, 3.05) is 13.2 Å². The molecule has 1 amide bonds. The molecule has 0 aliphatic heterocycles. The van der Waals surface area contributed by atoms with Gasteiger partial charge in [0, 0.05) is 39.5 Å². The minimum atomic E-state index is -0.433. The van der Waals surface area contributed by atoms with Crippen LogP contribution in [0.1, 0.15) is 25.8 Å². The highest BCUT2D eigenvalue weighted by Crippen LogP contribution is 1.93. The molecule has 0 saturated carbocycles. The molecule has 1 rings (SSSR count). The number of hydrogen-bond donors (Lipinski definition) is 1. The number of hydrogen-bond acceptors (Lipinski definition) is 4. The highest BCUT2D eigenvalue weighted by Gasteiger charge is 2.04. The summed E-state index contributed by atoms with van der Waals surface area (Å²) in [5, 5.41) is 2.70. The molecule has 0 radical (unpaired) electrons. The van der Waals surface area contributed by atoms with Crippen molar-refractivity contribution in [1.29, 1.82) is 0 Å². The lowest BCUT2D eigenvalue weighted by Gasteiger charge is -2.07. The number of carbonyl (C=O) groups is 1. The van der Waals surface area contributed by atoms with E-state index >= 15 is 0 Å². The summed E-state index contributed by atoms with van der Waals surface area (Å²) in [7, 11) is 2.95. The number of nitrogens with zero attached hydrogens (tertiary/aromatic N) is 2. The third-order valence-electron chi connectivity index (χ3n) is 2.96. The Hall–Kier alpha value is -2.15. The van der Waals surface area contributed by atoms with E-state index in [0.29, 0.717) is 13.2 Å². The van der Waals surface area contributed by atoms with E-state index in [2.05, 4.69) is 5.32 Å². The van der Waals surface area contributed by atoms with Crippen LogP contribution in [0.5, 0.6) is 0 Å². The van der Waals surface area contributed by atoms with Gasteiger partial charge in [-0.05, 0) is 26.3 Å². The first kappa shape index (κ1) is 17.9. The molecule has 0 aromatic carbocycles. The maximum Gasteiger partial charge on any atom is 0.330 e. The van der Waals surface area contributed by atoms with Crippen molar-refractivity contribution in [1.82, 2.24) is 14.5 Å². The van der Waals surface area contributed by atoms with E-state index in [4.69, 9.17) is 4.74 Å². The minimum absolute atomic E-state index is 0.177. The lowest BCUT2D eigenvalue weighted by atomic mass is 10.3. The van der Waals surface area contributed by atoms with Crippen LogP contribution < -0.4 is 16.6 Å². The normalized spacial score (nSPS) is 11.3. The summed E-state index contributed by atoms with van der Waals surface area (Å²) in [4.78, 5) is 35.1. The van der Waals surface area contributed by atoms with Crippen LogP contribution in [-0.2, 0) is 23.6 Å². The molecule has 0 aliphatic carbocycles. The molecule has 0 spiro atoms. The molecule has 1 N–H and O–H groups in total. The predicted molar refractivity (Wildman–Crippen MR) is 84.7 cm³/mol. The number of aryl methyl sites for hydroxylation is 1. The van der Waals surface area contributed by atoms with Crippen LogP contribution in [0.2, 0.25) is 0 Å². The van der Waals surface area contributed by atoms with Crippen LogP contribution >= 0.6 is 0 Å². The van der Waals surface area contributed by atoms with E-state index < -0.39 is 11.2 Å². The number of nitrogens with one attached hydrogen (secondary N) is 1. The van der Waals surface area contributed by atoms with E-state index in [0.717, 1.165) is 11.0 Å². The summed E-state index contributed by atoms with van der Waals surface area (Å²) < 4.78 is 7.66. The average Bonchev–Trinajstić information content (AvgIpc) is 2.46. The maximum atomic E-state index is 11.9. The van der Waals surface area contributed by atoms with Gasteiger partial charge in [-0.1, -0.05) is 0 Å². The molecule has 0 bridgehead atoms. The Kier molecular flexibility index (Phi) is 6.78. The van der Waals surface area contributed by atoms with E-state index in [1.54, 1.807) is 7.05 Å². The second kappa shape index (κ2) is 8.33. The summed E-state index contributed by atoms with van der Waals surface area (Å²) in [5.41, 5.74) is -0.558. The summed E-state index contributed by atoms with van der Waals surface area (Å²) in [6.07, 6.45) is 4.99. The number of carbonyl (C=O) groups excluding carboxylic acids is 1. The fourth-order valence-electron chi connectivity index (χ4n) is 1.78.